The summed E-state index contributed by atoms with van der Waals surface area (Å²) in [6.45, 7) is 0.726. The number of halogens is 1. The lowest BCUT2D eigenvalue weighted by molar-refractivity contribution is 0.0714. The van der Waals surface area contributed by atoms with Gasteiger partial charge in [0.2, 0.25) is 5.76 Å². The van der Waals surface area contributed by atoms with Gasteiger partial charge in [0, 0.05) is 11.6 Å². The van der Waals surface area contributed by atoms with Gasteiger partial charge in [-0.05, 0) is 47.0 Å². The van der Waals surface area contributed by atoms with E-state index < -0.39 is 6.04 Å². The molecule has 5 aromatic rings. The Morgan fingerprint density at radius 3 is 2.30 bits per heavy atom. The molecule has 0 aliphatic carbocycles. The van der Waals surface area contributed by atoms with Gasteiger partial charge in [-0.25, -0.2) is 0 Å². The summed E-state index contributed by atoms with van der Waals surface area (Å²) in [5.41, 5.74) is 3.15. The topological polar surface area (TPSA) is 59.8 Å². The van der Waals surface area contributed by atoms with Gasteiger partial charge in [-0.15, -0.1) is 0 Å². The summed E-state index contributed by atoms with van der Waals surface area (Å²) >= 11 is 6.19. The molecule has 6 heteroatoms. The Balaban J connectivity index is 1.45. The lowest BCUT2D eigenvalue weighted by atomic mass is 9.98. The molecule has 6 rings (SSSR count). The predicted octanol–water partition coefficient (Wildman–Crippen LogP) is 6.77. The van der Waals surface area contributed by atoms with Gasteiger partial charge in [-0.2, -0.15) is 0 Å². The fourth-order valence-corrected chi connectivity index (χ4v) is 4.97. The highest BCUT2D eigenvalue weighted by Gasteiger charge is 2.42. The summed E-state index contributed by atoms with van der Waals surface area (Å²) in [5.74, 6) is 0.389. The Bertz CT molecular complexity index is 1660. The van der Waals surface area contributed by atoms with E-state index in [1.807, 2.05) is 84.9 Å². The molecule has 0 N–H and O–H groups in total. The van der Waals surface area contributed by atoms with E-state index in [2.05, 4.69) is 0 Å². The van der Waals surface area contributed by atoms with Crippen molar-refractivity contribution >= 4 is 28.5 Å². The summed E-state index contributed by atoms with van der Waals surface area (Å²) in [4.78, 5) is 29.1. The van der Waals surface area contributed by atoms with Gasteiger partial charge >= 0.3 is 0 Å². The number of hydrogen-bond donors (Lipinski definition) is 0. The van der Waals surface area contributed by atoms with Crippen LogP contribution in [0.3, 0.4) is 0 Å². The molecular weight excluding hydrogens is 486 g/mol. The number of amides is 1. The zero-order valence-electron chi connectivity index (χ0n) is 19.8. The summed E-state index contributed by atoms with van der Waals surface area (Å²) in [7, 11) is 0. The molecule has 1 amide bonds. The highest BCUT2D eigenvalue weighted by molar-refractivity contribution is 6.31. The first-order valence-electron chi connectivity index (χ1n) is 12.0. The summed E-state index contributed by atoms with van der Waals surface area (Å²) < 4.78 is 12.1. The first-order chi connectivity index (χ1) is 18.1. The number of rotatable bonds is 6. The average Bonchev–Trinajstić information content (AvgIpc) is 3.20. The van der Waals surface area contributed by atoms with E-state index >= 15 is 0 Å². The number of fused-ring (bicyclic) bond motifs is 2. The molecule has 0 saturated carbocycles. The SMILES string of the molecule is O=C1c2oc3ccc(Cl)cc3c(=O)c2C(c2cccc(OCc3ccccc3)c2)N1Cc1ccccc1. The summed E-state index contributed by atoms with van der Waals surface area (Å²) in [6, 6.07) is 31.3. The third-order valence-corrected chi connectivity index (χ3v) is 6.78. The quantitative estimate of drug-likeness (QED) is 0.254. The summed E-state index contributed by atoms with van der Waals surface area (Å²) in [6.07, 6.45) is 0. The Morgan fingerprint density at radius 2 is 1.54 bits per heavy atom. The van der Waals surface area contributed by atoms with E-state index in [1.165, 1.54) is 0 Å². The third-order valence-electron chi connectivity index (χ3n) is 6.55. The molecule has 182 valence electrons. The van der Waals surface area contributed by atoms with Crippen LogP contribution < -0.4 is 10.2 Å². The maximum Gasteiger partial charge on any atom is 0.291 e. The van der Waals surface area contributed by atoms with Crippen molar-refractivity contribution in [3.63, 3.8) is 0 Å². The average molecular weight is 508 g/mol. The van der Waals surface area contributed by atoms with Gasteiger partial charge in [0.1, 0.15) is 17.9 Å². The molecular formula is C31H22ClNO4. The number of ether oxygens (including phenoxy) is 1. The number of carbonyl (C=O) groups is 1. The molecule has 2 heterocycles. The second-order valence-corrected chi connectivity index (χ2v) is 9.42. The molecule has 37 heavy (non-hydrogen) atoms. The molecule has 0 bridgehead atoms. The number of benzene rings is 4. The minimum Gasteiger partial charge on any atom is -0.489 e. The third kappa shape index (κ3) is 4.39. The highest BCUT2D eigenvalue weighted by atomic mass is 35.5. The van der Waals surface area contributed by atoms with E-state index in [0.29, 0.717) is 40.5 Å². The molecule has 1 aromatic heterocycles. The van der Waals surface area contributed by atoms with Crippen molar-refractivity contribution < 1.29 is 13.9 Å². The smallest absolute Gasteiger partial charge is 0.291 e. The number of hydrogen-bond acceptors (Lipinski definition) is 4. The van der Waals surface area contributed by atoms with Crippen LogP contribution in [0.5, 0.6) is 5.75 Å². The zero-order chi connectivity index (χ0) is 25.4. The second kappa shape index (κ2) is 9.60. The highest BCUT2D eigenvalue weighted by Crippen LogP contribution is 2.40. The fourth-order valence-electron chi connectivity index (χ4n) is 4.80. The van der Waals surface area contributed by atoms with Crippen molar-refractivity contribution in [1.29, 1.82) is 0 Å². The molecule has 0 radical (unpaired) electrons. The molecule has 1 unspecified atom stereocenters. The van der Waals surface area contributed by atoms with Crippen molar-refractivity contribution in [2.45, 2.75) is 19.2 Å². The first-order valence-corrected chi connectivity index (χ1v) is 12.3. The van der Waals surface area contributed by atoms with Crippen LogP contribution in [0.4, 0.5) is 0 Å². The van der Waals surface area contributed by atoms with Crippen molar-refractivity contribution in [3.05, 3.63) is 146 Å². The minimum absolute atomic E-state index is 0.0661. The predicted molar refractivity (Wildman–Crippen MR) is 143 cm³/mol. The molecule has 4 aromatic carbocycles. The molecule has 5 nitrogen and oxygen atoms in total. The van der Waals surface area contributed by atoms with Crippen molar-refractivity contribution in [2.75, 3.05) is 0 Å². The van der Waals surface area contributed by atoms with Gasteiger partial charge in [-0.3, -0.25) is 9.59 Å². The van der Waals surface area contributed by atoms with Gasteiger partial charge in [0.15, 0.2) is 5.43 Å². The van der Waals surface area contributed by atoms with Crippen molar-refractivity contribution in [3.8, 4) is 5.75 Å². The molecule has 1 atom stereocenters. The normalized spacial score (nSPS) is 14.7. The monoisotopic (exact) mass is 507 g/mol. The van der Waals surface area contributed by atoms with Crippen LogP contribution in [-0.4, -0.2) is 10.8 Å². The Kier molecular flexibility index (Phi) is 5.99. The molecule has 0 fully saturated rings. The zero-order valence-corrected chi connectivity index (χ0v) is 20.5. The van der Waals surface area contributed by atoms with Gasteiger partial charge < -0.3 is 14.1 Å². The van der Waals surface area contributed by atoms with Crippen LogP contribution >= 0.6 is 11.6 Å². The van der Waals surface area contributed by atoms with Crippen LogP contribution in [0.15, 0.2) is 112 Å². The second-order valence-electron chi connectivity index (χ2n) is 8.98. The van der Waals surface area contributed by atoms with E-state index in [9.17, 15) is 9.59 Å². The first kappa shape index (κ1) is 23.1. The van der Waals surface area contributed by atoms with Crippen LogP contribution in [0.2, 0.25) is 5.02 Å². The van der Waals surface area contributed by atoms with E-state index in [4.69, 9.17) is 20.8 Å². The molecule has 0 saturated heterocycles. The van der Waals surface area contributed by atoms with E-state index in [0.717, 1.165) is 16.7 Å². The van der Waals surface area contributed by atoms with E-state index in [1.54, 1.807) is 23.1 Å². The Labute approximate surface area is 218 Å². The van der Waals surface area contributed by atoms with Crippen LogP contribution in [0.25, 0.3) is 11.0 Å². The fraction of sp³-hybridized carbons (Fsp3) is 0.0968. The standard InChI is InChI=1S/C31H22ClNO4/c32-23-14-15-26-25(17-23)29(34)27-28(33(31(35)30(27)37-26)18-20-8-3-1-4-9-20)22-12-7-13-24(16-22)36-19-21-10-5-2-6-11-21/h1-17,28H,18-19H2. The largest absolute Gasteiger partial charge is 0.489 e. The van der Waals surface area contributed by atoms with Crippen LogP contribution in [0, 0.1) is 0 Å². The Morgan fingerprint density at radius 1 is 0.811 bits per heavy atom. The number of carbonyl (C=O) groups excluding carboxylic acids is 1. The lowest BCUT2D eigenvalue weighted by Crippen LogP contribution is -2.29. The summed E-state index contributed by atoms with van der Waals surface area (Å²) in [5, 5.41) is 0.778. The minimum atomic E-state index is -0.636. The Hall–Kier alpha value is -4.35. The maximum absolute atomic E-state index is 13.8. The molecule has 0 spiro atoms. The molecule has 1 aliphatic rings. The van der Waals surface area contributed by atoms with E-state index in [-0.39, 0.29) is 17.1 Å². The lowest BCUT2D eigenvalue weighted by Gasteiger charge is -2.25. The van der Waals surface area contributed by atoms with Gasteiger partial charge in [0.05, 0.1) is 17.0 Å². The van der Waals surface area contributed by atoms with Crippen LogP contribution in [-0.2, 0) is 13.2 Å². The van der Waals surface area contributed by atoms with Gasteiger partial charge in [-0.1, -0.05) is 84.4 Å². The van der Waals surface area contributed by atoms with Crippen molar-refractivity contribution in [1.82, 2.24) is 4.90 Å². The molecule has 1 aliphatic heterocycles. The number of nitrogens with zero attached hydrogens (tertiary/aromatic N) is 1. The maximum atomic E-state index is 13.8. The van der Waals surface area contributed by atoms with Crippen molar-refractivity contribution in [2.24, 2.45) is 0 Å². The van der Waals surface area contributed by atoms with Crippen LogP contribution in [0.1, 0.15) is 38.9 Å². The van der Waals surface area contributed by atoms with Gasteiger partial charge in [0.25, 0.3) is 5.91 Å².